The Morgan fingerprint density at radius 3 is 2.45 bits per heavy atom. The number of fused-ring (bicyclic) bond motifs is 1. The SMILES string of the molecule is Cc1ccc(Cn2c(O)c(N=NC(=S)Nc3ccc(C)c(C)c3)c3ccccc32)cc1. The number of aromatic hydroxyl groups is 1. The van der Waals surface area contributed by atoms with Gasteiger partial charge < -0.3 is 15.0 Å². The molecule has 1 aromatic heterocycles. The number of nitrogens with one attached hydrogen (secondary N) is 1. The number of rotatable bonds is 4. The number of para-hydroxylation sites is 1. The van der Waals surface area contributed by atoms with Gasteiger partial charge in [0.1, 0.15) is 0 Å². The molecule has 0 atom stereocenters. The van der Waals surface area contributed by atoms with E-state index in [9.17, 15) is 5.11 Å². The maximum Gasteiger partial charge on any atom is 0.221 e. The summed E-state index contributed by atoms with van der Waals surface area (Å²) in [6.45, 7) is 6.70. The summed E-state index contributed by atoms with van der Waals surface area (Å²) in [5.74, 6) is 0.0690. The lowest BCUT2D eigenvalue weighted by Crippen LogP contribution is -2.05. The van der Waals surface area contributed by atoms with Crippen molar-refractivity contribution in [2.75, 3.05) is 5.32 Å². The summed E-state index contributed by atoms with van der Waals surface area (Å²) in [7, 11) is 0. The van der Waals surface area contributed by atoms with Crippen LogP contribution in [0.2, 0.25) is 0 Å². The number of benzene rings is 3. The van der Waals surface area contributed by atoms with Crippen molar-refractivity contribution >= 4 is 39.6 Å². The highest BCUT2D eigenvalue weighted by molar-refractivity contribution is 7.80. The maximum absolute atomic E-state index is 10.9. The largest absolute Gasteiger partial charge is 0.493 e. The fraction of sp³-hybridized carbons (Fsp3) is 0.160. The number of aryl methyl sites for hydroxylation is 3. The molecule has 31 heavy (non-hydrogen) atoms. The second kappa shape index (κ2) is 8.70. The molecule has 0 amide bonds. The van der Waals surface area contributed by atoms with E-state index in [2.05, 4.69) is 53.7 Å². The zero-order valence-electron chi connectivity index (χ0n) is 17.8. The molecule has 0 unspecified atom stereocenters. The predicted molar refractivity (Wildman–Crippen MR) is 131 cm³/mol. The second-order valence-corrected chi connectivity index (χ2v) is 8.08. The first kappa shape index (κ1) is 20.8. The first-order valence-electron chi connectivity index (χ1n) is 10.1. The van der Waals surface area contributed by atoms with Crippen molar-refractivity contribution in [3.05, 3.63) is 89.0 Å². The normalized spacial score (nSPS) is 11.3. The Morgan fingerprint density at radius 2 is 1.71 bits per heavy atom. The van der Waals surface area contributed by atoms with Crippen LogP contribution < -0.4 is 5.32 Å². The smallest absolute Gasteiger partial charge is 0.221 e. The van der Waals surface area contributed by atoms with Gasteiger partial charge >= 0.3 is 0 Å². The zero-order chi connectivity index (χ0) is 22.0. The van der Waals surface area contributed by atoms with Gasteiger partial charge in [-0.05, 0) is 67.9 Å². The highest BCUT2D eigenvalue weighted by atomic mass is 32.1. The average Bonchev–Trinajstić information content (AvgIpc) is 3.02. The van der Waals surface area contributed by atoms with E-state index < -0.39 is 0 Å². The summed E-state index contributed by atoms with van der Waals surface area (Å²) in [5.41, 5.74) is 6.83. The number of nitrogens with zero attached hydrogens (tertiary/aromatic N) is 3. The summed E-state index contributed by atoms with van der Waals surface area (Å²) < 4.78 is 1.84. The molecular weight excluding hydrogens is 404 g/mol. The van der Waals surface area contributed by atoms with E-state index in [1.807, 2.05) is 54.0 Å². The quantitative estimate of drug-likeness (QED) is 0.277. The molecule has 156 valence electrons. The van der Waals surface area contributed by atoms with Crippen LogP contribution in [-0.4, -0.2) is 14.8 Å². The van der Waals surface area contributed by atoms with Gasteiger partial charge in [-0.2, -0.15) is 0 Å². The maximum atomic E-state index is 10.9. The van der Waals surface area contributed by atoms with Gasteiger partial charge in [-0.3, -0.25) is 0 Å². The molecule has 0 fully saturated rings. The Labute approximate surface area is 187 Å². The van der Waals surface area contributed by atoms with Gasteiger partial charge in [0.15, 0.2) is 5.69 Å². The van der Waals surface area contributed by atoms with Crippen molar-refractivity contribution in [1.29, 1.82) is 0 Å². The molecule has 3 aromatic carbocycles. The molecule has 2 N–H and O–H groups in total. The molecule has 5 nitrogen and oxygen atoms in total. The van der Waals surface area contributed by atoms with Crippen molar-refractivity contribution < 1.29 is 5.11 Å². The number of aromatic nitrogens is 1. The highest BCUT2D eigenvalue weighted by Gasteiger charge is 2.16. The van der Waals surface area contributed by atoms with Gasteiger partial charge in [-0.15, -0.1) is 10.2 Å². The van der Waals surface area contributed by atoms with Crippen LogP contribution in [0.25, 0.3) is 10.9 Å². The average molecular weight is 429 g/mol. The van der Waals surface area contributed by atoms with Crippen LogP contribution in [0.15, 0.2) is 77.0 Å². The van der Waals surface area contributed by atoms with Crippen LogP contribution in [0.1, 0.15) is 22.3 Å². The lowest BCUT2D eigenvalue weighted by atomic mass is 10.1. The molecule has 0 saturated carbocycles. The number of hydrogen-bond acceptors (Lipinski definition) is 3. The molecule has 6 heteroatoms. The molecule has 1 heterocycles. The van der Waals surface area contributed by atoms with Crippen molar-refractivity contribution in [3.63, 3.8) is 0 Å². The molecule has 0 radical (unpaired) electrons. The van der Waals surface area contributed by atoms with Gasteiger partial charge in [0.2, 0.25) is 11.0 Å². The van der Waals surface area contributed by atoms with Crippen LogP contribution in [-0.2, 0) is 6.54 Å². The Hall–Kier alpha value is -3.51. The van der Waals surface area contributed by atoms with Crippen molar-refractivity contribution in [2.24, 2.45) is 10.2 Å². The first-order valence-corrected chi connectivity index (χ1v) is 10.5. The predicted octanol–water partition coefficient (Wildman–Crippen LogP) is 6.80. The molecule has 0 aliphatic carbocycles. The highest BCUT2D eigenvalue weighted by Crippen LogP contribution is 2.39. The van der Waals surface area contributed by atoms with Gasteiger partial charge in [-0.25, -0.2) is 0 Å². The Kier molecular flexibility index (Phi) is 5.82. The molecule has 0 aliphatic rings. The van der Waals surface area contributed by atoms with Crippen molar-refractivity contribution in [3.8, 4) is 5.88 Å². The molecule has 0 aliphatic heterocycles. The zero-order valence-corrected chi connectivity index (χ0v) is 18.6. The lowest BCUT2D eigenvalue weighted by molar-refractivity contribution is 0.429. The van der Waals surface area contributed by atoms with E-state index in [4.69, 9.17) is 12.2 Å². The summed E-state index contributed by atoms with van der Waals surface area (Å²) in [6.07, 6.45) is 0. The standard InChI is InChI=1S/C25H24N4OS/c1-16-8-11-19(12-9-16)15-29-22-7-5-4-6-21(22)23(24(29)30)27-28-25(31)26-20-13-10-17(2)18(3)14-20/h4-14,30H,15H2,1-3H3,(H,26,31). The second-order valence-electron chi connectivity index (χ2n) is 7.69. The Balaban J connectivity index is 1.62. The monoisotopic (exact) mass is 428 g/mol. The number of hydrogen-bond donors (Lipinski definition) is 2. The molecule has 0 spiro atoms. The van der Waals surface area contributed by atoms with Crippen LogP contribution in [0, 0.1) is 20.8 Å². The van der Waals surface area contributed by atoms with E-state index in [0.29, 0.717) is 12.2 Å². The summed E-state index contributed by atoms with van der Waals surface area (Å²) in [4.78, 5) is 0. The Bertz CT molecular complexity index is 1290. The van der Waals surface area contributed by atoms with Crippen LogP contribution >= 0.6 is 12.2 Å². The van der Waals surface area contributed by atoms with E-state index >= 15 is 0 Å². The number of azo groups is 1. The van der Waals surface area contributed by atoms with Crippen molar-refractivity contribution in [1.82, 2.24) is 4.57 Å². The Morgan fingerprint density at radius 1 is 0.968 bits per heavy atom. The van der Waals surface area contributed by atoms with E-state index in [-0.39, 0.29) is 11.0 Å². The minimum atomic E-state index is 0.0690. The fourth-order valence-electron chi connectivity index (χ4n) is 3.47. The third-order valence-electron chi connectivity index (χ3n) is 5.38. The third-order valence-corrected chi connectivity index (χ3v) is 5.56. The minimum absolute atomic E-state index is 0.0690. The van der Waals surface area contributed by atoms with Crippen LogP contribution in [0.3, 0.4) is 0 Å². The van der Waals surface area contributed by atoms with Gasteiger partial charge in [0.25, 0.3) is 0 Å². The molecule has 0 saturated heterocycles. The molecule has 0 bridgehead atoms. The van der Waals surface area contributed by atoms with Gasteiger partial charge in [0.05, 0.1) is 12.1 Å². The number of thiocarbonyl (C=S) groups is 1. The fourth-order valence-corrected chi connectivity index (χ4v) is 3.63. The van der Waals surface area contributed by atoms with E-state index in [1.165, 1.54) is 16.7 Å². The molecular formula is C25H24N4OS. The molecule has 4 aromatic rings. The van der Waals surface area contributed by atoms with Gasteiger partial charge in [-0.1, -0.05) is 54.1 Å². The summed E-state index contributed by atoms with van der Waals surface area (Å²) in [6, 6.07) is 22.0. The summed E-state index contributed by atoms with van der Waals surface area (Å²) >= 11 is 5.34. The van der Waals surface area contributed by atoms with E-state index in [0.717, 1.165) is 22.2 Å². The molecule has 4 rings (SSSR count). The van der Waals surface area contributed by atoms with Gasteiger partial charge in [0, 0.05) is 11.1 Å². The van der Waals surface area contributed by atoms with Crippen LogP contribution in [0.5, 0.6) is 5.88 Å². The number of anilines is 1. The van der Waals surface area contributed by atoms with Crippen LogP contribution in [0.4, 0.5) is 11.4 Å². The van der Waals surface area contributed by atoms with Crippen molar-refractivity contribution in [2.45, 2.75) is 27.3 Å². The first-order chi connectivity index (χ1) is 14.9. The topological polar surface area (TPSA) is 61.9 Å². The lowest BCUT2D eigenvalue weighted by Gasteiger charge is -2.07. The minimum Gasteiger partial charge on any atom is -0.493 e. The summed E-state index contributed by atoms with van der Waals surface area (Å²) in [5, 5.41) is 23.5. The third kappa shape index (κ3) is 4.49. The van der Waals surface area contributed by atoms with E-state index in [1.54, 1.807) is 0 Å².